The van der Waals surface area contributed by atoms with Gasteiger partial charge in [0, 0.05) is 35.0 Å². The van der Waals surface area contributed by atoms with E-state index in [9.17, 15) is 27.5 Å². The van der Waals surface area contributed by atoms with E-state index in [0.717, 1.165) is 48.0 Å². The van der Waals surface area contributed by atoms with Gasteiger partial charge in [-0.1, -0.05) is 12.0 Å². The molecule has 5 rings (SSSR count). The van der Waals surface area contributed by atoms with Gasteiger partial charge in [-0.2, -0.15) is 13.9 Å². The molecular weight excluding hydrogens is 566 g/mol. The molecule has 0 radical (unpaired) electrons. The second-order valence-electron chi connectivity index (χ2n) is 9.11. The van der Waals surface area contributed by atoms with Crippen LogP contribution in [-0.4, -0.2) is 39.4 Å². The molecule has 1 saturated carbocycles. The average molecular weight is 588 g/mol. The van der Waals surface area contributed by atoms with Crippen LogP contribution in [0.4, 0.5) is 17.6 Å². The maximum Gasteiger partial charge on any atom is 0.355 e. The Morgan fingerprint density at radius 3 is 2.67 bits per heavy atom. The van der Waals surface area contributed by atoms with E-state index in [-0.39, 0.29) is 17.7 Å². The minimum Gasteiger partial charge on any atom is -0.476 e. The zero-order valence-corrected chi connectivity index (χ0v) is 22.6. The van der Waals surface area contributed by atoms with Gasteiger partial charge in [0.15, 0.2) is 5.69 Å². The number of hydrogen-bond acceptors (Lipinski definition) is 6. The topological polar surface area (TPSA) is 77.2 Å². The first kappa shape index (κ1) is 27.9. The number of carboxylic acids is 1. The van der Waals surface area contributed by atoms with Crippen molar-refractivity contribution in [3.63, 3.8) is 0 Å². The number of carbonyl (C=O) groups is 1. The summed E-state index contributed by atoms with van der Waals surface area (Å²) in [5.41, 5.74) is 2.62. The van der Waals surface area contributed by atoms with Crippen molar-refractivity contribution in [2.24, 2.45) is 5.92 Å². The second kappa shape index (κ2) is 11.8. The SMILES string of the molecule is COSc1ccc(Cc2c(-c3ccc(F)c(C#CC(F)F)c3)nn(-c3nc(C(=O)O)cs3)c2CC2CC2)cc1F. The first-order valence-electron chi connectivity index (χ1n) is 12.1. The van der Waals surface area contributed by atoms with Crippen LogP contribution in [0.3, 0.4) is 0 Å². The van der Waals surface area contributed by atoms with Crippen LogP contribution in [-0.2, 0) is 17.0 Å². The summed E-state index contributed by atoms with van der Waals surface area (Å²) in [6.07, 6.45) is -0.0348. The largest absolute Gasteiger partial charge is 0.476 e. The van der Waals surface area contributed by atoms with Crippen molar-refractivity contribution in [1.29, 1.82) is 0 Å². The molecule has 12 heteroatoms. The Morgan fingerprint density at radius 2 is 2.02 bits per heavy atom. The number of alkyl halides is 2. The number of rotatable bonds is 9. The first-order chi connectivity index (χ1) is 19.2. The zero-order valence-electron chi connectivity index (χ0n) is 21.0. The smallest absolute Gasteiger partial charge is 0.355 e. The summed E-state index contributed by atoms with van der Waals surface area (Å²) >= 11 is 2.01. The van der Waals surface area contributed by atoms with Crippen LogP contribution in [0.2, 0.25) is 0 Å². The Morgan fingerprint density at radius 1 is 1.23 bits per heavy atom. The van der Waals surface area contributed by atoms with Crippen molar-refractivity contribution in [1.82, 2.24) is 14.8 Å². The summed E-state index contributed by atoms with van der Waals surface area (Å²) in [6.45, 7) is 0. The fraction of sp³-hybridized carbons (Fsp3) is 0.250. The normalized spacial score (nSPS) is 12.9. The highest BCUT2D eigenvalue weighted by Crippen LogP contribution is 2.38. The highest BCUT2D eigenvalue weighted by Gasteiger charge is 2.29. The predicted molar refractivity (Wildman–Crippen MR) is 143 cm³/mol. The van der Waals surface area contributed by atoms with Crippen molar-refractivity contribution in [2.45, 2.75) is 37.0 Å². The summed E-state index contributed by atoms with van der Waals surface area (Å²) in [4.78, 5) is 16.1. The van der Waals surface area contributed by atoms with Crippen LogP contribution < -0.4 is 0 Å². The number of benzene rings is 2. The van der Waals surface area contributed by atoms with Crippen molar-refractivity contribution in [3.8, 4) is 28.2 Å². The van der Waals surface area contributed by atoms with E-state index >= 15 is 0 Å². The average Bonchev–Trinajstić information content (AvgIpc) is 3.47. The van der Waals surface area contributed by atoms with Gasteiger partial charge >= 0.3 is 5.97 Å². The van der Waals surface area contributed by atoms with Crippen LogP contribution >= 0.6 is 23.4 Å². The lowest BCUT2D eigenvalue weighted by molar-refractivity contribution is 0.0691. The molecule has 0 aliphatic heterocycles. The molecule has 40 heavy (non-hydrogen) atoms. The van der Waals surface area contributed by atoms with Gasteiger partial charge in [0.2, 0.25) is 5.13 Å². The lowest BCUT2D eigenvalue weighted by Gasteiger charge is -2.10. The highest BCUT2D eigenvalue weighted by molar-refractivity contribution is 7.94. The molecule has 6 nitrogen and oxygen atoms in total. The Bertz CT molecular complexity index is 1640. The number of hydrogen-bond donors (Lipinski definition) is 1. The Labute approximate surface area is 235 Å². The van der Waals surface area contributed by atoms with E-state index in [1.54, 1.807) is 22.7 Å². The number of carboxylic acid groups (broad SMARTS) is 1. The van der Waals surface area contributed by atoms with Crippen LogP contribution in [0.25, 0.3) is 16.4 Å². The van der Waals surface area contributed by atoms with Crippen LogP contribution in [0.1, 0.15) is 45.7 Å². The highest BCUT2D eigenvalue weighted by atomic mass is 32.2. The van der Waals surface area contributed by atoms with Gasteiger partial charge < -0.3 is 9.29 Å². The summed E-state index contributed by atoms with van der Waals surface area (Å²) < 4.78 is 61.2. The molecule has 206 valence electrons. The molecule has 1 aliphatic carbocycles. The van der Waals surface area contributed by atoms with Gasteiger partial charge in [-0.25, -0.2) is 23.2 Å². The van der Waals surface area contributed by atoms with Gasteiger partial charge in [0.25, 0.3) is 6.43 Å². The summed E-state index contributed by atoms with van der Waals surface area (Å²) in [7, 11) is 1.44. The Kier molecular flexibility index (Phi) is 8.25. The second-order valence-corrected chi connectivity index (χ2v) is 10.9. The van der Waals surface area contributed by atoms with Gasteiger partial charge in [-0.15, -0.1) is 11.3 Å². The van der Waals surface area contributed by atoms with E-state index in [2.05, 4.69) is 10.9 Å². The van der Waals surface area contributed by atoms with E-state index in [0.29, 0.717) is 44.8 Å². The number of aromatic carboxylic acids is 1. The third-order valence-electron chi connectivity index (χ3n) is 6.27. The molecule has 1 fully saturated rings. The third-order valence-corrected chi connectivity index (χ3v) is 7.76. The maximum absolute atomic E-state index is 14.8. The van der Waals surface area contributed by atoms with Crippen LogP contribution in [0.15, 0.2) is 46.7 Å². The quantitative estimate of drug-likeness (QED) is 0.132. The van der Waals surface area contributed by atoms with E-state index in [1.165, 1.54) is 30.7 Å². The third kappa shape index (κ3) is 6.22. The van der Waals surface area contributed by atoms with Crippen molar-refractivity contribution in [2.75, 3.05) is 7.11 Å². The number of halogens is 4. The molecule has 0 atom stereocenters. The number of nitrogens with zero attached hydrogens (tertiary/aromatic N) is 3. The Hall–Kier alpha value is -3.66. The molecule has 2 aromatic heterocycles. The molecule has 2 heterocycles. The van der Waals surface area contributed by atoms with E-state index < -0.39 is 24.0 Å². The summed E-state index contributed by atoms with van der Waals surface area (Å²) in [5, 5.41) is 15.9. The fourth-order valence-electron chi connectivity index (χ4n) is 4.24. The molecule has 0 unspecified atom stereocenters. The molecule has 0 saturated heterocycles. The maximum atomic E-state index is 14.8. The number of thiazole rings is 1. The van der Waals surface area contributed by atoms with Gasteiger partial charge in [0.1, 0.15) is 11.6 Å². The fourth-order valence-corrected chi connectivity index (χ4v) is 5.46. The van der Waals surface area contributed by atoms with E-state index in [4.69, 9.17) is 9.28 Å². The molecule has 1 N–H and O–H groups in total. The van der Waals surface area contributed by atoms with Crippen molar-refractivity contribution < 1.29 is 31.6 Å². The first-order valence-corrected chi connectivity index (χ1v) is 13.7. The summed E-state index contributed by atoms with van der Waals surface area (Å²) in [6, 6.07) is 8.74. The molecule has 0 amide bonds. The molecular formula is C28H21F4N3O3S2. The molecule has 1 aliphatic rings. The monoisotopic (exact) mass is 587 g/mol. The molecule has 0 bridgehead atoms. The molecule has 2 aromatic carbocycles. The van der Waals surface area contributed by atoms with Gasteiger partial charge in [-0.3, -0.25) is 0 Å². The van der Waals surface area contributed by atoms with Gasteiger partial charge in [0.05, 0.1) is 29.0 Å². The standard InChI is InChI=1S/C28H21F4N3O3S2/c1-38-40-24-8-4-16(11-21(24)30)10-19-23(12-15-2-3-15)35(28-33-22(14-39-28)27(36)37)34-26(19)18-5-7-20(29)17(13-18)6-9-25(31)32/h4-5,7-8,11,13-15,25H,2-3,10,12H2,1H3,(H,36,37). The van der Waals surface area contributed by atoms with E-state index in [1.807, 2.05) is 0 Å². The van der Waals surface area contributed by atoms with Crippen LogP contribution in [0.5, 0.6) is 0 Å². The Balaban J connectivity index is 1.68. The van der Waals surface area contributed by atoms with Crippen molar-refractivity contribution in [3.05, 3.63) is 81.5 Å². The minimum absolute atomic E-state index is 0.129. The minimum atomic E-state index is -2.93. The zero-order chi connectivity index (χ0) is 28.4. The lowest BCUT2D eigenvalue weighted by atomic mass is 9.96. The van der Waals surface area contributed by atoms with Gasteiger partial charge in [-0.05, 0) is 67.0 Å². The molecule has 4 aromatic rings. The molecule has 0 spiro atoms. The van der Waals surface area contributed by atoms with Crippen molar-refractivity contribution >= 4 is 29.3 Å². The predicted octanol–water partition coefficient (Wildman–Crippen LogP) is 6.79. The summed E-state index contributed by atoms with van der Waals surface area (Å²) in [5.74, 6) is 1.86. The number of aromatic nitrogens is 3. The van der Waals surface area contributed by atoms with Crippen LogP contribution in [0, 0.1) is 29.4 Å². The lowest BCUT2D eigenvalue weighted by Crippen LogP contribution is -2.06.